The number of hydrogen-bond acceptors (Lipinski definition) is 2. The Balaban J connectivity index is 0.000000257. The second-order valence-electron chi connectivity index (χ2n) is 22.6. The molecule has 0 bridgehead atoms. The molecule has 14 heteroatoms. The number of halogens is 4. The van der Waals surface area contributed by atoms with Crippen LogP contribution in [0, 0.1) is 106 Å². The quantitative estimate of drug-likeness (QED) is 0.0394. The summed E-state index contributed by atoms with van der Waals surface area (Å²) < 4.78 is 69.5. The van der Waals surface area contributed by atoms with Crippen LogP contribution in [0.15, 0.2) is 182 Å². The molecule has 6 nitrogen and oxygen atoms in total. The van der Waals surface area contributed by atoms with Gasteiger partial charge in [-0.05, 0) is 132 Å². The Morgan fingerprint density at radius 3 is 0.678 bits per heavy atom. The summed E-state index contributed by atoms with van der Waals surface area (Å²) >= 11 is 0. The monoisotopic (exact) mass is 1230 g/mol. The molecular weight excluding hydrogens is 1150 g/mol. The van der Waals surface area contributed by atoms with Crippen molar-refractivity contribution >= 4 is 93.2 Å². The molecule has 0 saturated heterocycles. The Hall–Kier alpha value is -6.91. The molecule has 454 valence electrons. The van der Waals surface area contributed by atoms with Crippen molar-refractivity contribution in [1.82, 2.24) is 0 Å². The van der Waals surface area contributed by atoms with E-state index in [9.17, 15) is 0 Å². The van der Waals surface area contributed by atoms with Crippen molar-refractivity contribution in [3.63, 3.8) is 0 Å². The van der Waals surface area contributed by atoms with E-state index in [1.807, 2.05) is 116 Å². The minimum absolute atomic E-state index is 0. The van der Waals surface area contributed by atoms with E-state index in [1.165, 1.54) is 46.5 Å². The second kappa shape index (κ2) is 33.4. The summed E-state index contributed by atoms with van der Waals surface area (Å²) in [6.45, 7) is 26.0. The van der Waals surface area contributed by atoms with Gasteiger partial charge in [-0.2, -0.15) is 0 Å². The Morgan fingerprint density at radius 2 is 0.489 bits per heavy atom. The van der Waals surface area contributed by atoms with Crippen LogP contribution in [-0.2, 0) is 9.47 Å². The molecule has 0 radical (unpaired) electrons. The van der Waals surface area contributed by atoms with Crippen molar-refractivity contribution in [2.45, 2.75) is 83.1 Å². The van der Waals surface area contributed by atoms with Gasteiger partial charge in [0.15, 0.2) is 0 Å². The predicted octanol–water partition coefficient (Wildman–Crippen LogP) is 14.2. The van der Waals surface area contributed by atoms with Gasteiger partial charge in [-0.15, -0.1) is 22.7 Å². The van der Waals surface area contributed by atoms with Crippen LogP contribution in [0.4, 0.5) is 63.1 Å². The SMILES string of the molecule is COCCOC.Cc1cc(C)c([N-]c2ccc(F)cc2[PH+](c2ccccc2)c2cc(F)ccc2[N-]c2c(C)cc(C)cc2C)c(C)c1.Cc1cc(C)c([N-]c2ccc(F)cc2[PH+](c2ccccc2)c2cc(F)ccc2[N-]c2c(C)cc(C)cc2C)c(C)c1.[Li+].[Li+]. The third-order valence-corrected chi connectivity index (χ3v) is 20.6. The zero-order valence-electron chi connectivity index (χ0n) is 54.9. The molecule has 0 heterocycles. The fourth-order valence-corrected chi connectivity index (χ4v) is 17.0. The summed E-state index contributed by atoms with van der Waals surface area (Å²) in [6.07, 6.45) is 0. The molecule has 90 heavy (non-hydrogen) atoms. The van der Waals surface area contributed by atoms with E-state index in [0.29, 0.717) is 36.0 Å². The van der Waals surface area contributed by atoms with E-state index in [1.54, 1.807) is 62.8 Å². The molecule has 0 spiro atoms. The molecule has 0 aliphatic rings. The summed E-state index contributed by atoms with van der Waals surface area (Å²) in [7, 11) is -0.603. The van der Waals surface area contributed by atoms with Crippen molar-refractivity contribution in [3.05, 3.63) is 293 Å². The fraction of sp³-hybridized carbons (Fsp3) is 0.211. The van der Waals surface area contributed by atoms with Gasteiger partial charge in [-0.25, -0.2) is 17.6 Å². The van der Waals surface area contributed by atoms with Crippen LogP contribution < -0.4 is 69.5 Å². The predicted molar refractivity (Wildman–Crippen MR) is 370 cm³/mol. The average molecular weight is 1230 g/mol. The van der Waals surface area contributed by atoms with Gasteiger partial charge >= 0.3 is 37.7 Å². The van der Waals surface area contributed by atoms with Gasteiger partial charge < -0.3 is 30.7 Å². The molecule has 10 aromatic rings. The average Bonchev–Trinajstić information content (AvgIpc) is 0.942. The van der Waals surface area contributed by atoms with E-state index in [-0.39, 0.29) is 61.0 Å². The first-order valence-corrected chi connectivity index (χ1v) is 32.3. The van der Waals surface area contributed by atoms with Crippen molar-refractivity contribution in [1.29, 1.82) is 0 Å². The van der Waals surface area contributed by atoms with Crippen molar-refractivity contribution in [2.24, 2.45) is 0 Å². The molecule has 0 fully saturated rings. The Bertz CT molecular complexity index is 3510. The third-order valence-electron chi connectivity index (χ3n) is 15.0. The Morgan fingerprint density at radius 1 is 0.289 bits per heavy atom. The van der Waals surface area contributed by atoms with Gasteiger partial charge in [0.1, 0.15) is 33.9 Å². The van der Waals surface area contributed by atoms with Crippen LogP contribution in [0.3, 0.4) is 0 Å². The number of methoxy groups -OCH3 is 2. The summed E-state index contributed by atoms with van der Waals surface area (Å²) in [6, 6.07) is 55.7. The summed E-state index contributed by atoms with van der Waals surface area (Å²) in [4.78, 5) is 0. The Kier molecular flexibility index (Phi) is 26.8. The summed E-state index contributed by atoms with van der Waals surface area (Å²) in [5, 5.41) is 25.4. The third kappa shape index (κ3) is 18.4. The molecule has 10 rings (SSSR count). The standard InChI is InChI=1S/2C36H33F2N2P.C4H10O2.2Li/c2*1-22-16-24(3)35(25(4)17-22)39-31-14-12-28(37)20-33(31)41(30-10-8-7-9-11-30)34-21-29(38)13-15-32(34)40-36-26(5)18-23(2)19-27(36)6;1-5-3-4-6-2;;/h2*7-21H,1-6H3;3-4H2,1-2H3;;/q2*-2;;2*+1/p+2. The topological polar surface area (TPSA) is 74.9 Å². The first kappa shape index (κ1) is 72.2. The number of nitrogens with zero attached hydrogens (tertiary/aromatic N) is 4. The van der Waals surface area contributed by atoms with Gasteiger partial charge in [-0.1, -0.05) is 199 Å². The fourth-order valence-electron chi connectivity index (χ4n) is 11.4. The van der Waals surface area contributed by atoms with Gasteiger partial charge in [-0.3, -0.25) is 0 Å². The molecular formula is C76H78F4Li2N4O2P2. The van der Waals surface area contributed by atoms with Gasteiger partial charge in [0.25, 0.3) is 0 Å². The van der Waals surface area contributed by atoms with Gasteiger partial charge in [0.2, 0.25) is 0 Å². The molecule has 0 aliphatic carbocycles. The smallest absolute Gasteiger partial charge is 0.654 e. The molecule has 0 amide bonds. The minimum atomic E-state index is -1.95. The first-order valence-electron chi connectivity index (χ1n) is 29.3. The summed E-state index contributed by atoms with van der Waals surface area (Å²) in [5.74, 6) is -1.41. The van der Waals surface area contributed by atoms with Crippen molar-refractivity contribution in [3.8, 4) is 0 Å². The van der Waals surface area contributed by atoms with Crippen LogP contribution in [0.5, 0.6) is 0 Å². The normalized spacial score (nSPS) is 10.8. The number of benzene rings is 10. The zero-order valence-corrected chi connectivity index (χ0v) is 56.9. The summed E-state index contributed by atoms with van der Waals surface area (Å²) in [5.41, 5.74) is 19.3. The van der Waals surface area contributed by atoms with E-state index in [0.717, 1.165) is 99.1 Å². The number of aryl methyl sites for hydroxylation is 12. The van der Waals surface area contributed by atoms with E-state index < -0.39 is 15.8 Å². The zero-order chi connectivity index (χ0) is 63.3. The first-order chi connectivity index (χ1) is 42.1. The van der Waals surface area contributed by atoms with Gasteiger partial charge in [0.05, 0.1) is 50.3 Å². The van der Waals surface area contributed by atoms with Crippen LogP contribution in [-0.4, -0.2) is 27.4 Å². The molecule has 0 unspecified atom stereocenters. The van der Waals surface area contributed by atoms with E-state index in [2.05, 4.69) is 85.7 Å². The number of hydrogen-bond donors (Lipinski definition) is 0. The van der Waals surface area contributed by atoms with Crippen molar-refractivity contribution < 1.29 is 64.8 Å². The van der Waals surface area contributed by atoms with Crippen LogP contribution in [0.25, 0.3) is 21.3 Å². The molecule has 0 aromatic heterocycles. The largest absolute Gasteiger partial charge is 1.00 e. The molecule has 0 aliphatic heterocycles. The number of rotatable bonds is 17. The van der Waals surface area contributed by atoms with E-state index >= 15 is 17.6 Å². The molecule has 0 atom stereocenters. The number of ether oxygens (including phenoxy) is 2. The second-order valence-corrected chi connectivity index (χ2v) is 27.4. The maximum absolute atomic E-state index is 15.0. The van der Waals surface area contributed by atoms with Crippen LogP contribution >= 0.6 is 15.8 Å². The van der Waals surface area contributed by atoms with Crippen LogP contribution in [0.1, 0.15) is 66.8 Å². The molecule has 0 N–H and O–H groups in total. The van der Waals surface area contributed by atoms with Crippen molar-refractivity contribution in [2.75, 3.05) is 27.4 Å². The molecule has 0 saturated carbocycles. The maximum atomic E-state index is 15.0. The van der Waals surface area contributed by atoms with Gasteiger partial charge in [0, 0.05) is 38.5 Å². The maximum Gasteiger partial charge on any atom is 1.00 e. The van der Waals surface area contributed by atoms with Crippen LogP contribution in [0.2, 0.25) is 0 Å². The Labute approximate surface area is 557 Å². The molecule has 10 aromatic carbocycles. The minimum Gasteiger partial charge on any atom is -0.654 e. The van der Waals surface area contributed by atoms with E-state index in [4.69, 9.17) is 21.3 Å².